The number of nitrogens with zero attached hydrogens (tertiary/aromatic N) is 1. The number of benzene rings is 2. The standard InChI is InChI=1S/C16H13FN4O3S/c1-2-25(23,24)21-12-7-8-14-13(9-12)15(20-19-14)16(22)18-11-5-3-10(17)4-6-11/h2-9,21H,1H2,(H,18,22)(H,19,20). The van der Waals surface area contributed by atoms with Gasteiger partial charge in [0, 0.05) is 22.2 Å². The van der Waals surface area contributed by atoms with E-state index in [1.165, 1.54) is 36.4 Å². The van der Waals surface area contributed by atoms with Crippen LogP contribution in [0.25, 0.3) is 10.9 Å². The Morgan fingerprint density at radius 2 is 1.84 bits per heavy atom. The van der Waals surface area contributed by atoms with E-state index in [9.17, 15) is 17.6 Å². The third-order valence-corrected chi connectivity index (χ3v) is 4.32. The molecule has 9 heteroatoms. The zero-order chi connectivity index (χ0) is 18.0. The molecule has 1 heterocycles. The first-order valence-corrected chi connectivity index (χ1v) is 8.63. The minimum Gasteiger partial charge on any atom is -0.321 e. The maximum atomic E-state index is 12.9. The third kappa shape index (κ3) is 3.66. The van der Waals surface area contributed by atoms with Crippen LogP contribution in [0.15, 0.2) is 54.5 Å². The number of halogens is 1. The monoisotopic (exact) mass is 360 g/mol. The zero-order valence-electron chi connectivity index (χ0n) is 12.8. The lowest BCUT2D eigenvalue weighted by Gasteiger charge is -2.05. The smallest absolute Gasteiger partial charge is 0.276 e. The third-order valence-electron chi connectivity index (χ3n) is 3.36. The highest BCUT2D eigenvalue weighted by Gasteiger charge is 2.16. The van der Waals surface area contributed by atoms with E-state index in [0.717, 1.165) is 5.41 Å². The fourth-order valence-corrected chi connectivity index (χ4v) is 2.72. The molecule has 0 radical (unpaired) electrons. The number of fused-ring (bicyclic) bond motifs is 1. The molecule has 7 nitrogen and oxygen atoms in total. The number of rotatable bonds is 5. The molecule has 1 amide bonds. The highest BCUT2D eigenvalue weighted by Crippen LogP contribution is 2.22. The average Bonchev–Trinajstić information content (AvgIpc) is 3.00. The van der Waals surface area contributed by atoms with Gasteiger partial charge >= 0.3 is 0 Å². The van der Waals surface area contributed by atoms with Crippen LogP contribution in [0.2, 0.25) is 0 Å². The van der Waals surface area contributed by atoms with Crippen molar-refractivity contribution in [2.75, 3.05) is 10.0 Å². The van der Waals surface area contributed by atoms with Gasteiger partial charge in [0.15, 0.2) is 5.69 Å². The highest BCUT2D eigenvalue weighted by molar-refractivity contribution is 7.95. The van der Waals surface area contributed by atoms with Crippen LogP contribution >= 0.6 is 0 Å². The number of aromatic amines is 1. The van der Waals surface area contributed by atoms with Gasteiger partial charge in [-0.25, -0.2) is 12.8 Å². The second kappa shape index (κ2) is 6.36. The molecule has 0 saturated heterocycles. The number of aromatic nitrogens is 2. The molecule has 25 heavy (non-hydrogen) atoms. The summed E-state index contributed by atoms with van der Waals surface area (Å²) in [7, 11) is -3.66. The van der Waals surface area contributed by atoms with Crippen molar-refractivity contribution in [2.24, 2.45) is 0 Å². The van der Waals surface area contributed by atoms with Gasteiger partial charge in [0.05, 0.1) is 5.52 Å². The molecule has 128 valence electrons. The summed E-state index contributed by atoms with van der Waals surface area (Å²) in [5, 5.41) is 10.5. The van der Waals surface area contributed by atoms with Crippen molar-refractivity contribution in [3.63, 3.8) is 0 Å². The molecule has 0 bridgehead atoms. The van der Waals surface area contributed by atoms with Crippen molar-refractivity contribution in [1.29, 1.82) is 0 Å². The Kier molecular flexibility index (Phi) is 4.24. The van der Waals surface area contributed by atoms with E-state index in [1.54, 1.807) is 6.07 Å². The van der Waals surface area contributed by atoms with Gasteiger partial charge in [-0.15, -0.1) is 0 Å². The number of amides is 1. The van der Waals surface area contributed by atoms with Gasteiger partial charge in [-0.1, -0.05) is 6.58 Å². The predicted octanol–water partition coefficient (Wildman–Crippen LogP) is 2.84. The molecular formula is C16H13FN4O3S. The van der Waals surface area contributed by atoms with Gasteiger partial charge in [0.1, 0.15) is 5.82 Å². The minimum atomic E-state index is -3.66. The number of H-pyrrole nitrogens is 1. The molecule has 0 saturated carbocycles. The van der Waals surface area contributed by atoms with Crippen LogP contribution < -0.4 is 10.0 Å². The summed E-state index contributed by atoms with van der Waals surface area (Å²) >= 11 is 0. The Morgan fingerprint density at radius 1 is 1.16 bits per heavy atom. The Bertz CT molecular complexity index is 1060. The fourth-order valence-electron chi connectivity index (χ4n) is 2.18. The van der Waals surface area contributed by atoms with E-state index in [-0.39, 0.29) is 11.4 Å². The Morgan fingerprint density at radius 3 is 2.52 bits per heavy atom. The largest absolute Gasteiger partial charge is 0.321 e. The summed E-state index contributed by atoms with van der Waals surface area (Å²) in [4.78, 5) is 12.4. The van der Waals surface area contributed by atoms with Gasteiger partial charge in [-0.2, -0.15) is 5.10 Å². The Balaban J connectivity index is 1.91. The maximum absolute atomic E-state index is 12.9. The van der Waals surface area contributed by atoms with Gasteiger partial charge in [-0.3, -0.25) is 14.6 Å². The highest BCUT2D eigenvalue weighted by atomic mass is 32.2. The number of hydrogen-bond donors (Lipinski definition) is 3. The van der Waals surface area contributed by atoms with Crippen LogP contribution in [-0.2, 0) is 10.0 Å². The van der Waals surface area contributed by atoms with Crippen molar-refractivity contribution in [3.05, 3.63) is 66.0 Å². The molecule has 0 unspecified atom stereocenters. The number of hydrogen-bond acceptors (Lipinski definition) is 4. The van der Waals surface area contributed by atoms with E-state index in [4.69, 9.17) is 0 Å². The summed E-state index contributed by atoms with van der Waals surface area (Å²) < 4.78 is 38.4. The van der Waals surface area contributed by atoms with Crippen LogP contribution in [0, 0.1) is 5.82 Å². The molecule has 2 aromatic carbocycles. The molecular weight excluding hydrogens is 347 g/mol. The summed E-state index contributed by atoms with van der Waals surface area (Å²) in [6.45, 7) is 3.22. The number of carbonyl (C=O) groups excluding carboxylic acids is 1. The normalized spacial score (nSPS) is 11.2. The first kappa shape index (κ1) is 16.7. The fraction of sp³-hybridized carbons (Fsp3) is 0. The molecule has 1 aromatic heterocycles. The lowest BCUT2D eigenvalue weighted by Crippen LogP contribution is -2.13. The average molecular weight is 360 g/mol. The van der Waals surface area contributed by atoms with E-state index < -0.39 is 21.7 Å². The summed E-state index contributed by atoms with van der Waals surface area (Å²) in [6, 6.07) is 9.90. The molecule has 0 fully saturated rings. The van der Waals surface area contributed by atoms with Crippen LogP contribution in [0.4, 0.5) is 15.8 Å². The summed E-state index contributed by atoms with van der Waals surface area (Å²) in [5.74, 6) is -0.927. The second-order valence-corrected chi connectivity index (χ2v) is 6.73. The molecule has 0 aliphatic rings. The van der Waals surface area contributed by atoms with Crippen LogP contribution in [-0.4, -0.2) is 24.5 Å². The van der Waals surface area contributed by atoms with Gasteiger partial charge in [0.2, 0.25) is 0 Å². The number of sulfonamides is 1. The second-order valence-electron chi connectivity index (χ2n) is 5.11. The van der Waals surface area contributed by atoms with Crippen LogP contribution in [0.1, 0.15) is 10.5 Å². The molecule has 0 atom stereocenters. The zero-order valence-corrected chi connectivity index (χ0v) is 13.6. The quantitative estimate of drug-likeness (QED) is 0.651. The van der Waals surface area contributed by atoms with Crippen LogP contribution in [0.3, 0.4) is 0 Å². The predicted molar refractivity (Wildman–Crippen MR) is 93.2 cm³/mol. The Hall–Kier alpha value is -3.20. The van der Waals surface area contributed by atoms with Crippen molar-refractivity contribution < 1.29 is 17.6 Å². The van der Waals surface area contributed by atoms with Gasteiger partial charge < -0.3 is 5.32 Å². The van der Waals surface area contributed by atoms with Gasteiger partial charge in [-0.05, 0) is 42.5 Å². The SMILES string of the molecule is C=CS(=O)(=O)Nc1ccc2[nH]nc(C(=O)Nc3ccc(F)cc3)c2c1. The van der Waals surface area contributed by atoms with Crippen molar-refractivity contribution in [1.82, 2.24) is 10.2 Å². The number of nitrogens with one attached hydrogen (secondary N) is 3. The van der Waals surface area contributed by atoms with E-state index in [0.29, 0.717) is 16.6 Å². The first-order chi connectivity index (χ1) is 11.9. The van der Waals surface area contributed by atoms with Crippen molar-refractivity contribution in [2.45, 2.75) is 0 Å². The van der Waals surface area contributed by atoms with Gasteiger partial charge in [0.25, 0.3) is 15.9 Å². The number of carbonyl (C=O) groups is 1. The molecule has 0 spiro atoms. The van der Waals surface area contributed by atoms with E-state index in [2.05, 4.69) is 26.8 Å². The van der Waals surface area contributed by atoms with E-state index >= 15 is 0 Å². The summed E-state index contributed by atoms with van der Waals surface area (Å²) in [5.41, 5.74) is 1.32. The van der Waals surface area contributed by atoms with Crippen molar-refractivity contribution >= 4 is 38.2 Å². The molecule has 3 N–H and O–H groups in total. The minimum absolute atomic E-state index is 0.0824. The van der Waals surface area contributed by atoms with Crippen molar-refractivity contribution in [3.8, 4) is 0 Å². The summed E-state index contributed by atoms with van der Waals surface area (Å²) in [6.07, 6.45) is 0. The molecule has 3 aromatic rings. The molecule has 0 aliphatic carbocycles. The lowest BCUT2D eigenvalue weighted by atomic mass is 10.2. The van der Waals surface area contributed by atoms with Crippen LogP contribution in [0.5, 0.6) is 0 Å². The lowest BCUT2D eigenvalue weighted by molar-refractivity contribution is 0.102. The Labute approximate surface area is 142 Å². The topological polar surface area (TPSA) is 104 Å². The molecule has 0 aliphatic heterocycles. The maximum Gasteiger partial charge on any atom is 0.276 e. The molecule has 3 rings (SSSR count). The van der Waals surface area contributed by atoms with E-state index in [1.807, 2.05) is 0 Å². The number of anilines is 2. The first-order valence-electron chi connectivity index (χ1n) is 7.08.